The quantitative estimate of drug-likeness (QED) is 0.685. The van der Waals surface area contributed by atoms with Crippen LogP contribution >= 0.6 is 23.2 Å². The number of ether oxygens (including phenoxy) is 1. The molecular formula is C16H21Cl2FN2O2. The third-order valence-corrected chi connectivity index (χ3v) is 4.45. The Kier molecular flexibility index (Phi) is 5.31. The third-order valence-electron chi connectivity index (χ3n) is 3.60. The number of amides is 1. The molecule has 4 nitrogen and oxygen atoms in total. The minimum Gasteiger partial charge on any atom is -0.444 e. The van der Waals surface area contributed by atoms with E-state index in [0.29, 0.717) is 25.3 Å². The lowest BCUT2D eigenvalue weighted by molar-refractivity contribution is 0.0219. The number of carbonyl (C=O) groups is 1. The summed E-state index contributed by atoms with van der Waals surface area (Å²) in [6.07, 6.45) is -0.327. The van der Waals surface area contributed by atoms with Gasteiger partial charge in [-0.05, 0) is 39.8 Å². The average Bonchev–Trinajstić information content (AvgIpc) is 2.44. The van der Waals surface area contributed by atoms with Crippen molar-refractivity contribution in [2.45, 2.75) is 39.3 Å². The van der Waals surface area contributed by atoms with Gasteiger partial charge in [0.25, 0.3) is 0 Å². The van der Waals surface area contributed by atoms with Crippen molar-refractivity contribution in [1.82, 2.24) is 4.90 Å². The molecule has 1 aliphatic rings. The summed E-state index contributed by atoms with van der Waals surface area (Å²) < 4.78 is 18.8. The molecule has 23 heavy (non-hydrogen) atoms. The van der Waals surface area contributed by atoms with Gasteiger partial charge >= 0.3 is 6.09 Å². The minimum absolute atomic E-state index is 0.00953. The van der Waals surface area contributed by atoms with Crippen LogP contribution in [-0.2, 0) is 4.74 Å². The molecule has 0 spiro atoms. The summed E-state index contributed by atoms with van der Waals surface area (Å²) in [6, 6.07) is 2.93. The molecule has 2 rings (SSSR count). The Morgan fingerprint density at radius 1 is 1.26 bits per heavy atom. The van der Waals surface area contributed by atoms with E-state index in [1.165, 1.54) is 6.07 Å². The van der Waals surface area contributed by atoms with Gasteiger partial charge in [-0.25, -0.2) is 9.18 Å². The molecule has 0 aliphatic carbocycles. The average molecular weight is 363 g/mol. The van der Waals surface area contributed by atoms with Crippen molar-refractivity contribution in [2.75, 3.05) is 24.5 Å². The molecule has 0 N–H and O–H groups in total. The summed E-state index contributed by atoms with van der Waals surface area (Å²) in [5.74, 6) is -0.541. The van der Waals surface area contributed by atoms with Crippen LogP contribution in [0.3, 0.4) is 0 Å². The summed E-state index contributed by atoms with van der Waals surface area (Å²) >= 11 is 12.0. The van der Waals surface area contributed by atoms with Crippen LogP contribution in [-0.4, -0.2) is 42.3 Å². The maximum absolute atomic E-state index is 13.4. The van der Waals surface area contributed by atoms with Crippen LogP contribution in [0.5, 0.6) is 0 Å². The van der Waals surface area contributed by atoms with Crippen LogP contribution in [0.15, 0.2) is 12.1 Å². The van der Waals surface area contributed by atoms with Crippen molar-refractivity contribution in [2.24, 2.45) is 0 Å². The van der Waals surface area contributed by atoms with Gasteiger partial charge in [0.1, 0.15) is 11.4 Å². The standard InChI is InChI=1S/C16H21Cl2FN2O2/c1-10-9-20(15(22)23-16(2,3)4)7-8-21(10)12-6-5-11(19)13(17)14(12)18/h5-6,10H,7-9H2,1-4H3/t10-/m1/s1. The number of anilines is 1. The molecule has 0 unspecified atom stereocenters. The first-order valence-corrected chi connectivity index (χ1v) is 8.24. The van der Waals surface area contributed by atoms with Gasteiger partial charge in [-0.3, -0.25) is 0 Å². The number of carbonyl (C=O) groups excluding carboxylic acids is 1. The number of halogens is 3. The highest BCUT2D eigenvalue weighted by atomic mass is 35.5. The van der Waals surface area contributed by atoms with E-state index in [-0.39, 0.29) is 22.2 Å². The molecule has 0 aromatic heterocycles. The van der Waals surface area contributed by atoms with E-state index < -0.39 is 11.4 Å². The largest absolute Gasteiger partial charge is 0.444 e. The van der Waals surface area contributed by atoms with Gasteiger partial charge in [0, 0.05) is 25.7 Å². The van der Waals surface area contributed by atoms with Gasteiger partial charge in [-0.2, -0.15) is 0 Å². The fraction of sp³-hybridized carbons (Fsp3) is 0.562. The summed E-state index contributed by atoms with van der Waals surface area (Å²) in [4.78, 5) is 15.9. The molecular weight excluding hydrogens is 342 g/mol. The Morgan fingerprint density at radius 2 is 1.91 bits per heavy atom. The first-order chi connectivity index (χ1) is 10.6. The molecule has 0 bridgehead atoms. The zero-order valence-electron chi connectivity index (χ0n) is 13.7. The fourth-order valence-corrected chi connectivity index (χ4v) is 2.97. The zero-order chi connectivity index (χ0) is 17.4. The Morgan fingerprint density at radius 3 is 2.48 bits per heavy atom. The molecule has 1 amide bonds. The Labute approximate surface area is 146 Å². The fourth-order valence-electron chi connectivity index (χ4n) is 2.55. The molecule has 1 aromatic carbocycles. The van der Waals surface area contributed by atoms with Crippen LogP contribution in [0, 0.1) is 5.82 Å². The van der Waals surface area contributed by atoms with Gasteiger partial charge in [0.05, 0.1) is 15.7 Å². The molecule has 1 fully saturated rings. The van der Waals surface area contributed by atoms with Crippen molar-refractivity contribution in [1.29, 1.82) is 0 Å². The van der Waals surface area contributed by atoms with Crippen molar-refractivity contribution < 1.29 is 13.9 Å². The van der Waals surface area contributed by atoms with Crippen LogP contribution in [0.2, 0.25) is 10.0 Å². The van der Waals surface area contributed by atoms with E-state index in [1.54, 1.807) is 11.0 Å². The Hall–Kier alpha value is -1.20. The first kappa shape index (κ1) is 18.1. The minimum atomic E-state index is -0.541. The lowest BCUT2D eigenvalue weighted by Gasteiger charge is -2.41. The van der Waals surface area contributed by atoms with Gasteiger partial charge in [-0.1, -0.05) is 23.2 Å². The van der Waals surface area contributed by atoms with E-state index in [0.717, 1.165) is 0 Å². The second kappa shape index (κ2) is 6.73. The SMILES string of the molecule is C[C@@H]1CN(C(=O)OC(C)(C)C)CCN1c1ccc(F)c(Cl)c1Cl. The second-order valence-electron chi connectivity index (χ2n) is 6.66. The normalized spacial score (nSPS) is 19.0. The lowest BCUT2D eigenvalue weighted by atomic mass is 10.1. The van der Waals surface area contributed by atoms with Crippen molar-refractivity contribution >= 4 is 35.0 Å². The van der Waals surface area contributed by atoms with E-state index >= 15 is 0 Å². The van der Waals surface area contributed by atoms with Crippen LogP contribution in [0.25, 0.3) is 0 Å². The van der Waals surface area contributed by atoms with Gasteiger partial charge in [0.2, 0.25) is 0 Å². The maximum Gasteiger partial charge on any atom is 0.410 e. The lowest BCUT2D eigenvalue weighted by Crippen LogP contribution is -2.54. The summed E-state index contributed by atoms with van der Waals surface area (Å²) in [7, 11) is 0. The van der Waals surface area contributed by atoms with Crippen molar-refractivity contribution in [3.63, 3.8) is 0 Å². The number of hydrogen-bond acceptors (Lipinski definition) is 3. The summed E-state index contributed by atoms with van der Waals surface area (Å²) in [6.45, 7) is 9.07. The maximum atomic E-state index is 13.4. The van der Waals surface area contributed by atoms with Gasteiger partial charge in [-0.15, -0.1) is 0 Å². The predicted molar refractivity (Wildman–Crippen MR) is 91.0 cm³/mol. The van der Waals surface area contributed by atoms with Crippen LogP contribution < -0.4 is 4.90 Å². The highest BCUT2D eigenvalue weighted by Crippen LogP contribution is 2.36. The Balaban J connectivity index is 2.11. The van der Waals surface area contributed by atoms with Crippen LogP contribution in [0.1, 0.15) is 27.7 Å². The third kappa shape index (κ3) is 4.21. The molecule has 1 saturated heterocycles. The van der Waals surface area contributed by atoms with Gasteiger partial charge < -0.3 is 14.5 Å². The first-order valence-electron chi connectivity index (χ1n) is 7.48. The number of rotatable bonds is 1. The monoisotopic (exact) mass is 362 g/mol. The van der Waals surface area contributed by atoms with Gasteiger partial charge in [0.15, 0.2) is 0 Å². The summed E-state index contributed by atoms with van der Waals surface area (Å²) in [5, 5.41) is 0.121. The number of piperazine rings is 1. The smallest absolute Gasteiger partial charge is 0.410 e. The molecule has 1 heterocycles. The van der Waals surface area contributed by atoms with Crippen molar-refractivity contribution in [3.05, 3.63) is 28.0 Å². The number of benzene rings is 1. The van der Waals surface area contributed by atoms with E-state index in [9.17, 15) is 9.18 Å². The Bertz CT molecular complexity index is 604. The zero-order valence-corrected chi connectivity index (χ0v) is 15.2. The van der Waals surface area contributed by atoms with E-state index in [2.05, 4.69) is 0 Å². The van der Waals surface area contributed by atoms with E-state index in [1.807, 2.05) is 32.6 Å². The number of nitrogens with zero attached hydrogens (tertiary/aromatic N) is 2. The highest BCUT2D eigenvalue weighted by molar-refractivity contribution is 6.43. The molecule has 0 radical (unpaired) electrons. The predicted octanol–water partition coefficient (Wildman–Crippen LogP) is 4.58. The molecule has 1 atom stereocenters. The highest BCUT2D eigenvalue weighted by Gasteiger charge is 2.31. The van der Waals surface area contributed by atoms with Crippen molar-refractivity contribution in [3.8, 4) is 0 Å². The molecule has 1 aliphatic heterocycles. The second-order valence-corrected chi connectivity index (χ2v) is 7.42. The molecule has 7 heteroatoms. The van der Waals surface area contributed by atoms with E-state index in [4.69, 9.17) is 27.9 Å². The topological polar surface area (TPSA) is 32.8 Å². The molecule has 1 aromatic rings. The summed E-state index contributed by atoms with van der Waals surface area (Å²) in [5.41, 5.74) is 0.153. The molecule has 128 valence electrons. The number of hydrogen-bond donors (Lipinski definition) is 0. The molecule has 0 saturated carbocycles. The van der Waals surface area contributed by atoms with Crippen LogP contribution in [0.4, 0.5) is 14.9 Å².